The molecule has 0 aliphatic carbocycles. The summed E-state index contributed by atoms with van der Waals surface area (Å²) in [5.41, 5.74) is 4.86. The van der Waals surface area contributed by atoms with E-state index >= 15 is 0 Å². The van der Waals surface area contributed by atoms with Crippen LogP contribution in [0.1, 0.15) is 16.7 Å². The Bertz CT molecular complexity index is 1120. The van der Waals surface area contributed by atoms with Gasteiger partial charge in [-0.05, 0) is 35.6 Å². The molecule has 3 nitrogen and oxygen atoms in total. The van der Waals surface area contributed by atoms with E-state index in [1.807, 2.05) is 54.9 Å². The summed E-state index contributed by atoms with van der Waals surface area (Å²) in [5.74, 6) is 0. The van der Waals surface area contributed by atoms with Gasteiger partial charge in [0, 0.05) is 40.4 Å². The molecule has 0 saturated heterocycles. The van der Waals surface area contributed by atoms with Crippen molar-refractivity contribution in [2.75, 3.05) is 0 Å². The van der Waals surface area contributed by atoms with Crippen molar-refractivity contribution in [3.8, 4) is 6.07 Å². The molecule has 2 aromatic heterocycles. The van der Waals surface area contributed by atoms with E-state index in [1.165, 1.54) is 5.56 Å². The van der Waals surface area contributed by atoms with Gasteiger partial charge in [-0.2, -0.15) is 5.26 Å². The summed E-state index contributed by atoms with van der Waals surface area (Å²) in [5, 5.41) is 13.0. The summed E-state index contributed by atoms with van der Waals surface area (Å²) in [6, 6.07) is 16.5. The van der Waals surface area contributed by atoms with E-state index in [0.29, 0.717) is 5.57 Å². The molecule has 0 aliphatic rings. The number of para-hydroxylation sites is 1. The summed E-state index contributed by atoms with van der Waals surface area (Å²) in [4.78, 5) is 7.46. The molecule has 0 bridgehead atoms. The minimum atomic E-state index is 0.649. The fraction of sp³-hybridized carbons (Fsp3) is 0.0476. The molecular formula is C21H15N3. The molecule has 0 aliphatic heterocycles. The zero-order valence-electron chi connectivity index (χ0n) is 13.2. The maximum absolute atomic E-state index is 9.72. The molecule has 2 heterocycles. The second kappa shape index (κ2) is 5.68. The number of fused-ring (bicyclic) bond motifs is 2. The molecule has 24 heavy (non-hydrogen) atoms. The van der Waals surface area contributed by atoms with E-state index in [-0.39, 0.29) is 0 Å². The lowest BCUT2D eigenvalue weighted by molar-refractivity contribution is 1.36. The molecule has 1 N–H and O–H groups in total. The van der Waals surface area contributed by atoms with Gasteiger partial charge in [0.2, 0.25) is 0 Å². The lowest BCUT2D eigenvalue weighted by Gasteiger charge is -2.03. The molecule has 0 unspecified atom stereocenters. The lowest BCUT2D eigenvalue weighted by Crippen LogP contribution is -1.84. The SMILES string of the molecule is Cc1cccc2c(/C(C#N)=C/c3cccc4cnccc34)c[nH]c12. The van der Waals surface area contributed by atoms with Gasteiger partial charge in [-0.1, -0.05) is 36.4 Å². The van der Waals surface area contributed by atoms with Gasteiger partial charge >= 0.3 is 0 Å². The minimum absolute atomic E-state index is 0.649. The number of aryl methyl sites for hydroxylation is 1. The van der Waals surface area contributed by atoms with Crippen molar-refractivity contribution < 1.29 is 0 Å². The second-order valence-electron chi connectivity index (χ2n) is 5.81. The van der Waals surface area contributed by atoms with E-state index in [1.54, 1.807) is 6.20 Å². The first-order chi connectivity index (χ1) is 11.8. The molecule has 0 radical (unpaired) electrons. The van der Waals surface area contributed by atoms with Crippen molar-refractivity contribution in [3.05, 3.63) is 77.7 Å². The monoisotopic (exact) mass is 309 g/mol. The van der Waals surface area contributed by atoms with Crippen LogP contribution in [0.5, 0.6) is 0 Å². The van der Waals surface area contributed by atoms with Crippen LogP contribution in [0.3, 0.4) is 0 Å². The summed E-state index contributed by atoms with van der Waals surface area (Å²) in [6.07, 6.45) is 7.49. The number of nitrogens with one attached hydrogen (secondary N) is 1. The van der Waals surface area contributed by atoms with Gasteiger partial charge in [0.25, 0.3) is 0 Å². The number of rotatable bonds is 2. The summed E-state index contributed by atoms with van der Waals surface area (Å²) >= 11 is 0. The second-order valence-corrected chi connectivity index (χ2v) is 5.81. The maximum atomic E-state index is 9.72. The third kappa shape index (κ3) is 2.26. The van der Waals surface area contributed by atoms with Gasteiger partial charge in [-0.25, -0.2) is 0 Å². The van der Waals surface area contributed by atoms with Gasteiger partial charge in [0.05, 0.1) is 11.6 Å². The molecule has 0 spiro atoms. The van der Waals surface area contributed by atoms with Crippen LogP contribution in [-0.4, -0.2) is 9.97 Å². The van der Waals surface area contributed by atoms with Crippen molar-refractivity contribution in [1.82, 2.24) is 9.97 Å². The Balaban J connectivity index is 1.93. The van der Waals surface area contributed by atoms with Crippen molar-refractivity contribution >= 4 is 33.3 Å². The molecule has 3 heteroatoms. The predicted octanol–water partition coefficient (Wildman–Crippen LogP) is 5.09. The number of benzene rings is 2. The van der Waals surface area contributed by atoms with Crippen LogP contribution < -0.4 is 0 Å². The van der Waals surface area contributed by atoms with Gasteiger partial charge in [0.1, 0.15) is 0 Å². The van der Waals surface area contributed by atoms with Crippen LogP contribution in [0.25, 0.3) is 33.3 Å². The van der Waals surface area contributed by atoms with Crippen LogP contribution in [0.2, 0.25) is 0 Å². The number of nitriles is 1. The van der Waals surface area contributed by atoms with Crippen molar-refractivity contribution in [3.63, 3.8) is 0 Å². The average Bonchev–Trinajstić information content (AvgIpc) is 3.05. The summed E-state index contributed by atoms with van der Waals surface area (Å²) in [7, 11) is 0. The number of hydrogen-bond donors (Lipinski definition) is 1. The summed E-state index contributed by atoms with van der Waals surface area (Å²) < 4.78 is 0. The molecule has 0 fully saturated rings. The molecule has 0 amide bonds. The Kier molecular flexibility index (Phi) is 3.36. The minimum Gasteiger partial charge on any atom is -0.360 e. The molecule has 0 saturated carbocycles. The van der Waals surface area contributed by atoms with E-state index in [2.05, 4.69) is 29.0 Å². The largest absolute Gasteiger partial charge is 0.360 e. The number of hydrogen-bond acceptors (Lipinski definition) is 2. The van der Waals surface area contributed by atoms with Crippen LogP contribution in [-0.2, 0) is 0 Å². The van der Waals surface area contributed by atoms with Crippen LogP contribution >= 0.6 is 0 Å². The topological polar surface area (TPSA) is 52.5 Å². The zero-order chi connectivity index (χ0) is 16.5. The molecule has 4 rings (SSSR count). The van der Waals surface area contributed by atoms with Crippen LogP contribution in [0, 0.1) is 18.3 Å². The maximum Gasteiger partial charge on any atom is 0.0998 e. The van der Waals surface area contributed by atoms with E-state index in [4.69, 9.17) is 0 Å². The Morgan fingerprint density at radius 1 is 1.12 bits per heavy atom. The Labute approximate surface area is 139 Å². The molecular weight excluding hydrogens is 294 g/mol. The number of H-pyrrole nitrogens is 1. The van der Waals surface area contributed by atoms with Crippen LogP contribution in [0.15, 0.2) is 61.1 Å². The van der Waals surface area contributed by atoms with Crippen molar-refractivity contribution in [1.29, 1.82) is 5.26 Å². The zero-order valence-corrected chi connectivity index (χ0v) is 13.2. The third-order valence-corrected chi connectivity index (χ3v) is 4.35. The third-order valence-electron chi connectivity index (χ3n) is 4.35. The number of pyridine rings is 1. The standard InChI is InChI=1S/C21H15N3/c1-14-4-2-7-19-20(13-24-21(14)19)17(11-22)10-15-5-3-6-16-12-23-9-8-18(15)16/h2-10,12-13,24H,1H3/b17-10+. The smallest absolute Gasteiger partial charge is 0.0998 e. The van der Waals surface area contributed by atoms with Gasteiger partial charge in [-0.15, -0.1) is 0 Å². The van der Waals surface area contributed by atoms with Crippen LogP contribution in [0.4, 0.5) is 0 Å². The highest BCUT2D eigenvalue weighted by Gasteiger charge is 2.10. The number of aromatic nitrogens is 2. The fourth-order valence-corrected chi connectivity index (χ4v) is 3.13. The molecule has 2 aromatic carbocycles. The number of aromatic amines is 1. The Morgan fingerprint density at radius 3 is 2.88 bits per heavy atom. The van der Waals surface area contributed by atoms with E-state index in [9.17, 15) is 5.26 Å². The number of nitrogens with zero attached hydrogens (tertiary/aromatic N) is 2. The molecule has 4 aromatic rings. The highest BCUT2D eigenvalue weighted by Crippen LogP contribution is 2.29. The first kappa shape index (κ1) is 14.2. The number of allylic oxidation sites excluding steroid dienone is 1. The highest BCUT2D eigenvalue weighted by atomic mass is 14.7. The predicted molar refractivity (Wildman–Crippen MR) is 98.3 cm³/mol. The van der Waals surface area contributed by atoms with Crippen molar-refractivity contribution in [2.45, 2.75) is 6.92 Å². The van der Waals surface area contributed by atoms with E-state index in [0.717, 1.165) is 32.8 Å². The average molecular weight is 309 g/mol. The quantitative estimate of drug-likeness (QED) is 0.524. The Hall–Kier alpha value is -3.38. The molecule has 114 valence electrons. The van der Waals surface area contributed by atoms with Gasteiger partial charge < -0.3 is 4.98 Å². The Morgan fingerprint density at radius 2 is 2.00 bits per heavy atom. The normalized spacial score (nSPS) is 11.8. The fourth-order valence-electron chi connectivity index (χ4n) is 3.13. The first-order valence-electron chi connectivity index (χ1n) is 7.79. The van der Waals surface area contributed by atoms with E-state index < -0.39 is 0 Å². The molecule has 0 atom stereocenters. The lowest BCUT2D eigenvalue weighted by atomic mass is 9.99. The first-order valence-corrected chi connectivity index (χ1v) is 7.79. The highest BCUT2D eigenvalue weighted by molar-refractivity contribution is 6.04. The van der Waals surface area contributed by atoms with Gasteiger partial charge in [-0.3, -0.25) is 4.98 Å². The van der Waals surface area contributed by atoms with Gasteiger partial charge in [0.15, 0.2) is 0 Å². The summed E-state index contributed by atoms with van der Waals surface area (Å²) in [6.45, 7) is 2.07. The van der Waals surface area contributed by atoms with Crippen molar-refractivity contribution in [2.24, 2.45) is 0 Å².